The van der Waals surface area contributed by atoms with E-state index in [2.05, 4.69) is 16.3 Å². The van der Waals surface area contributed by atoms with E-state index in [0.717, 1.165) is 37.9 Å². The van der Waals surface area contributed by atoms with Gasteiger partial charge in [0, 0.05) is 6.42 Å². The highest BCUT2D eigenvalue weighted by molar-refractivity contribution is 5.66. The Bertz CT molecular complexity index is 842. The molecule has 0 spiro atoms. The molecule has 0 aliphatic rings. The van der Waals surface area contributed by atoms with E-state index in [0.29, 0.717) is 23.5 Å². The third-order valence-electron chi connectivity index (χ3n) is 4.69. The summed E-state index contributed by atoms with van der Waals surface area (Å²) in [5.41, 5.74) is 1.76. The quantitative estimate of drug-likeness (QED) is 0.271. The van der Waals surface area contributed by atoms with Crippen molar-refractivity contribution in [1.82, 2.24) is 0 Å². The van der Waals surface area contributed by atoms with Gasteiger partial charge in [-0.15, -0.1) is 5.11 Å². The van der Waals surface area contributed by atoms with Gasteiger partial charge in [-0.05, 0) is 49.2 Å². The summed E-state index contributed by atoms with van der Waals surface area (Å²) in [6.45, 7) is 0.690. The summed E-state index contributed by atoms with van der Waals surface area (Å²) in [6.07, 6.45) is 8.92. The van der Waals surface area contributed by atoms with Crippen LogP contribution in [0.5, 0.6) is 5.75 Å². The van der Waals surface area contributed by atoms with Crippen molar-refractivity contribution in [2.75, 3.05) is 6.61 Å². The summed E-state index contributed by atoms with van der Waals surface area (Å²) in [6, 6.07) is 16.7. The molecule has 0 atom stereocenters. The fourth-order valence-corrected chi connectivity index (χ4v) is 3.00. The Kier molecular flexibility index (Phi) is 10.7. The van der Waals surface area contributed by atoms with Crippen LogP contribution in [-0.2, 0) is 4.79 Å². The molecule has 0 bridgehead atoms. The number of azo groups is 1. The van der Waals surface area contributed by atoms with Gasteiger partial charge in [0.1, 0.15) is 17.5 Å². The average Bonchev–Trinajstić information content (AvgIpc) is 2.76. The van der Waals surface area contributed by atoms with Gasteiger partial charge in [0.15, 0.2) is 0 Å². The van der Waals surface area contributed by atoms with E-state index in [-0.39, 0.29) is 6.42 Å². The van der Waals surface area contributed by atoms with Crippen LogP contribution in [0.25, 0.3) is 0 Å². The topological polar surface area (TPSA) is 95.0 Å². The number of benzene rings is 2. The summed E-state index contributed by atoms with van der Waals surface area (Å²) in [5.74, 6) is 0.111. The third-order valence-corrected chi connectivity index (χ3v) is 4.69. The van der Waals surface area contributed by atoms with E-state index in [1.807, 2.05) is 30.3 Å². The zero-order valence-electron chi connectivity index (χ0n) is 17.3. The van der Waals surface area contributed by atoms with Crippen LogP contribution in [0.15, 0.2) is 58.8 Å². The average molecular weight is 408 g/mol. The van der Waals surface area contributed by atoms with Gasteiger partial charge in [-0.2, -0.15) is 10.4 Å². The first kappa shape index (κ1) is 23.1. The fraction of sp³-hybridized carbons (Fsp3) is 0.417. The number of nitriles is 1. The molecule has 0 radical (unpaired) electrons. The molecule has 0 saturated heterocycles. The molecule has 6 heteroatoms. The number of carboxylic acids is 1. The Labute approximate surface area is 178 Å². The predicted molar refractivity (Wildman–Crippen MR) is 116 cm³/mol. The summed E-state index contributed by atoms with van der Waals surface area (Å²) < 4.78 is 5.77. The molecular formula is C24H29N3O3. The van der Waals surface area contributed by atoms with Gasteiger partial charge in [-0.3, -0.25) is 4.79 Å². The van der Waals surface area contributed by atoms with E-state index in [9.17, 15) is 4.79 Å². The molecule has 30 heavy (non-hydrogen) atoms. The van der Waals surface area contributed by atoms with Crippen LogP contribution in [0.2, 0.25) is 0 Å². The van der Waals surface area contributed by atoms with E-state index in [4.69, 9.17) is 15.1 Å². The predicted octanol–water partition coefficient (Wildman–Crippen LogP) is 6.95. The second-order valence-electron chi connectivity index (χ2n) is 7.14. The zero-order chi connectivity index (χ0) is 21.4. The van der Waals surface area contributed by atoms with Crippen molar-refractivity contribution in [3.05, 3.63) is 54.1 Å². The second-order valence-corrected chi connectivity index (χ2v) is 7.14. The molecule has 1 N–H and O–H groups in total. The number of ether oxygens (including phenoxy) is 1. The zero-order valence-corrected chi connectivity index (χ0v) is 17.3. The number of rotatable bonds is 14. The standard InChI is InChI=1S/C24H29N3O3/c25-19-20-11-8-9-12-23(20)27-26-21-14-16-22(17-15-21)30-18-10-6-4-2-1-3-5-7-13-24(28)29/h8-9,11-12,14-17H,1-7,10,13,18H2,(H,28,29). The Hall–Kier alpha value is -3.20. The van der Waals surface area contributed by atoms with Crippen molar-refractivity contribution in [1.29, 1.82) is 5.26 Å². The lowest BCUT2D eigenvalue weighted by Gasteiger charge is -2.06. The molecule has 158 valence electrons. The molecule has 0 saturated carbocycles. The molecule has 0 aromatic heterocycles. The van der Waals surface area contributed by atoms with Crippen LogP contribution in [0.3, 0.4) is 0 Å². The lowest BCUT2D eigenvalue weighted by molar-refractivity contribution is -0.137. The van der Waals surface area contributed by atoms with Crippen LogP contribution in [0.4, 0.5) is 11.4 Å². The summed E-state index contributed by atoms with van der Waals surface area (Å²) >= 11 is 0. The van der Waals surface area contributed by atoms with Gasteiger partial charge in [0.25, 0.3) is 0 Å². The lowest BCUT2D eigenvalue weighted by atomic mass is 10.1. The Morgan fingerprint density at radius 2 is 1.50 bits per heavy atom. The molecular weight excluding hydrogens is 378 g/mol. The van der Waals surface area contributed by atoms with Gasteiger partial charge in [-0.1, -0.05) is 50.7 Å². The summed E-state index contributed by atoms with van der Waals surface area (Å²) in [4.78, 5) is 10.4. The maximum Gasteiger partial charge on any atom is 0.303 e. The van der Waals surface area contributed by atoms with Gasteiger partial charge in [-0.25, -0.2) is 0 Å². The van der Waals surface area contributed by atoms with Crippen LogP contribution < -0.4 is 4.74 Å². The number of carbonyl (C=O) groups is 1. The maximum atomic E-state index is 10.4. The monoisotopic (exact) mass is 407 g/mol. The van der Waals surface area contributed by atoms with Crippen molar-refractivity contribution in [3.8, 4) is 11.8 Å². The molecule has 0 heterocycles. The van der Waals surface area contributed by atoms with Crippen LogP contribution >= 0.6 is 0 Å². The number of unbranched alkanes of at least 4 members (excludes halogenated alkanes) is 7. The van der Waals surface area contributed by atoms with Gasteiger partial charge in [0.05, 0.1) is 17.9 Å². The minimum Gasteiger partial charge on any atom is -0.494 e. The molecule has 2 rings (SSSR count). The molecule has 0 amide bonds. The molecule has 0 fully saturated rings. The second kappa shape index (κ2) is 13.9. The van der Waals surface area contributed by atoms with E-state index in [1.54, 1.807) is 18.2 Å². The molecule has 6 nitrogen and oxygen atoms in total. The van der Waals surface area contributed by atoms with Gasteiger partial charge < -0.3 is 9.84 Å². The first-order chi connectivity index (χ1) is 14.7. The van der Waals surface area contributed by atoms with Crippen molar-refractivity contribution >= 4 is 17.3 Å². The number of aliphatic carboxylic acids is 1. The molecule has 0 aliphatic carbocycles. The highest BCUT2D eigenvalue weighted by Gasteiger charge is 2.00. The van der Waals surface area contributed by atoms with E-state index in [1.165, 1.54) is 19.3 Å². The smallest absolute Gasteiger partial charge is 0.303 e. The number of nitrogens with zero attached hydrogens (tertiary/aromatic N) is 3. The largest absolute Gasteiger partial charge is 0.494 e. The Morgan fingerprint density at radius 3 is 2.17 bits per heavy atom. The van der Waals surface area contributed by atoms with Gasteiger partial charge >= 0.3 is 5.97 Å². The van der Waals surface area contributed by atoms with Crippen molar-refractivity contribution in [3.63, 3.8) is 0 Å². The van der Waals surface area contributed by atoms with Crippen LogP contribution in [0.1, 0.15) is 63.4 Å². The minimum absolute atomic E-state index is 0.288. The molecule has 0 aliphatic heterocycles. The molecule has 2 aromatic rings. The first-order valence-electron chi connectivity index (χ1n) is 10.5. The van der Waals surface area contributed by atoms with Crippen molar-refractivity contribution < 1.29 is 14.6 Å². The molecule has 2 aromatic carbocycles. The van der Waals surface area contributed by atoms with Crippen molar-refractivity contribution in [2.24, 2.45) is 10.2 Å². The highest BCUT2D eigenvalue weighted by Crippen LogP contribution is 2.23. The first-order valence-corrected chi connectivity index (χ1v) is 10.5. The van der Waals surface area contributed by atoms with E-state index >= 15 is 0 Å². The van der Waals surface area contributed by atoms with Crippen LogP contribution in [-0.4, -0.2) is 17.7 Å². The molecule has 0 unspecified atom stereocenters. The lowest BCUT2D eigenvalue weighted by Crippen LogP contribution is -1.97. The highest BCUT2D eigenvalue weighted by atomic mass is 16.5. The third kappa shape index (κ3) is 9.33. The number of hydrogen-bond donors (Lipinski definition) is 1. The van der Waals surface area contributed by atoms with Crippen LogP contribution in [0, 0.1) is 11.3 Å². The Balaban J connectivity index is 1.57. The van der Waals surface area contributed by atoms with E-state index < -0.39 is 5.97 Å². The summed E-state index contributed by atoms with van der Waals surface area (Å²) in [5, 5.41) is 26.0. The van der Waals surface area contributed by atoms with Crippen molar-refractivity contribution in [2.45, 2.75) is 57.8 Å². The number of carboxylic acid groups (broad SMARTS) is 1. The minimum atomic E-state index is -0.699. The number of hydrogen-bond acceptors (Lipinski definition) is 5. The summed E-state index contributed by atoms with van der Waals surface area (Å²) in [7, 11) is 0. The van der Waals surface area contributed by atoms with Gasteiger partial charge in [0.2, 0.25) is 0 Å². The SMILES string of the molecule is N#Cc1ccccc1N=Nc1ccc(OCCCCCCCCCCC(=O)O)cc1. The Morgan fingerprint density at radius 1 is 0.867 bits per heavy atom. The normalized spacial score (nSPS) is 10.8. The maximum absolute atomic E-state index is 10.4. The fourth-order valence-electron chi connectivity index (χ4n) is 3.00.